The van der Waals surface area contributed by atoms with Crippen molar-refractivity contribution in [2.75, 3.05) is 26.2 Å². The molecule has 3 nitrogen and oxygen atoms in total. The third kappa shape index (κ3) is 3.45. The highest BCUT2D eigenvalue weighted by molar-refractivity contribution is 7.08. The molecule has 1 saturated heterocycles. The number of fused-ring (bicyclic) bond motifs is 1. The molecular formula is C19H20Cl2N2OS. The molecule has 6 heteroatoms. The Morgan fingerprint density at radius 2 is 2.04 bits per heavy atom. The van der Waals surface area contributed by atoms with E-state index < -0.39 is 0 Å². The van der Waals surface area contributed by atoms with Gasteiger partial charge in [-0.05, 0) is 54.0 Å². The Balaban J connectivity index is 1.49. The quantitative estimate of drug-likeness (QED) is 0.723. The summed E-state index contributed by atoms with van der Waals surface area (Å²) in [6.07, 6.45) is 3.08. The summed E-state index contributed by atoms with van der Waals surface area (Å²) < 4.78 is 0. The number of carbonyl (C=O) groups excluding carboxylic acids is 1. The molecule has 2 aromatic rings. The molecule has 0 N–H and O–H groups in total. The smallest absolute Gasteiger partial charge is 0.254 e. The Bertz CT molecular complexity index is 778. The monoisotopic (exact) mass is 394 g/mol. The fraction of sp³-hybridized carbons (Fsp3) is 0.421. The third-order valence-electron chi connectivity index (χ3n) is 5.25. The zero-order valence-corrected chi connectivity index (χ0v) is 16.2. The van der Waals surface area contributed by atoms with Crippen molar-refractivity contribution in [3.8, 4) is 0 Å². The number of thiophene rings is 1. The van der Waals surface area contributed by atoms with Gasteiger partial charge in [-0.15, -0.1) is 0 Å². The fourth-order valence-electron chi connectivity index (χ4n) is 4.02. The standard InChI is InChI=1S/C19H20Cl2N2OS/c20-14-10-16-15(17(21)11-14)2-3-18(16)22-5-1-6-23(8-7-22)19(24)13-4-9-25-12-13/h4,9-12,18H,1-3,5-8H2/t18-/m0/s1. The number of carbonyl (C=O) groups is 1. The van der Waals surface area contributed by atoms with Crippen molar-refractivity contribution in [2.45, 2.75) is 25.3 Å². The minimum Gasteiger partial charge on any atom is -0.337 e. The molecule has 2 aliphatic rings. The minimum atomic E-state index is 0.154. The van der Waals surface area contributed by atoms with Crippen LogP contribution in [0, 0.1) is 0 Å². The molecule has 1 aliphatic heterocycles. The largest absolute Gasteiger partial charge is 0.337 e. The van der Waals surface area contributed by atoms with Crippen LogP contribution >= 0.6 is 34.5 Å². The molecular weight excluding hydrogens is 375 g/mol. The Morgan fingerprint density at radius 1 is 1.16 bits per heavy atom. The van der Waals surface area contributed by atoms with E-state index in [-0.39, 0.29) is 5.91 Å². The number of amides is 1. The van der Waals surface area contributed by atoms with Crippen molar-refractivity contribution < 1.29 is 4.79 Å². The minimum absolute atomic E-state index is 0.154. The van der Waals surface area contributed by atoms with Gasteiger partial charge in [-0.1, -0.05) is 23.2 Å². The number of hydrogen-bond acceptors (Lipinski definition) is 3. The lowest BCUT2D eigenvalue weighted by molar-refractivity contribution is 0.0758. The van der Waals surface area contributed by atoms with Crippen LogP contribution in [0.4, 0.5) is 0 Å². The first kappa shape index (κ1) is 17.3. The zero-order valence-electron chi connectivity index (χ0n) is 13.9. The lowest BCUT2D eigenvalue weighted by atomic mass is 10.1. The number of rotatable bonds is 2. The molecule has 0 unspecified atom stereocenters. The summed E-state index contributed by atoms with van der Waals surface area (Å²) in [4.78, 5) is 17.1. The number of hydrogen-bond donors (Lipinski definition) is 0. The van der Waals surface area contributed by atoms with Crippen LogP contribution in [0.2, 0.25) is 10.0 Å². The predicted octanol–water partition coefficient (Wildman–Crippen LogP) is 4.89. The van der Waals surface area contributed by atoms with E-state index in [1.807, 2.05) is 27.8 Å². The predicted molar refractivity (Wildman–Crippen MR) is 104 cm³/mol. The van der Waals surface area contributed by atoms with Crippen molar-refractivity contribution in [3.05, 3.63) is 55.7 Å². The van der Waals surface area contributed by atoms with Crippen molar-refractivity contribution >= 4 is 40.4 Å². The SMILES string of the molecule is O=C(c1ccsc1)N1CCCN([C@H]2CCc3c(Cl)cc(Cl)cc32)CC1. The fourth-order valence-corrected chi connectivity index (χ4v) is 5.25. The van der Waals surface area contributed by atoms with Gasteiger partial charge in [-0.3, -0.25) is 9.69 Å². The molecule has 0 spiro atoms. The van der Waals surface area contributed by atoms with E-state index in [9.17, 15) is 4.79 Å². The molecule has 1 aromatic carbocycles. The van der Waals surface area contributed by atoms with Gasteiger partial charge < -0.3 is 4.90 Å². The Hall–Kier alpha value is -1.07. The van der Waals surface area contributed by atoms with Crippen LogP contribution in [-0.2, 0) is 6.42 Å². The van der Waals surface area contributed by atoms with Crippen LogP contribution in [-0.4, -0.2) is 41.9 Å². The van der Waals surface area contributed by atoms with Crippen molar-refractivity contribution in [1.82, 2.24) is 9.80 Å². The van der Waals surface area contributed by atoms with Crippen LogP contribution in [0.3, 0.4) is 0 Å². The molecule has 2 heterocycles. The van der Waals surface area contributed by atoms with E-state index in [0.29, 0.717) is 11.1 Å². The second-order valence-corrected chi connectivity index (χ2v) is 8.33. The van der Waals surface area contributed by atoms with Gasteiger partial charge in [-0.25, -0.2) is 0 Å². The molecule has 0 bridgehead atoms. The summed E-state index contributed by atoms with van der Waals surface area (Å²) in [6, 6.07) is 6.18. The second kappa shape index (κ2) is 7.28. The summed E-state index contributed by atoms with van der Waals surface area (Å²) in [5, 5.41) is 5.39. The molecule has 1 amide bonds. The van der Waals surface area contributed by atoms with Gasteiger partial charge in [0.05, 0.1) is 5.56 Å². The lowest BCUT2D eigenvalue weighted by Crippen LogP contribution is -2.35. The second-order valence-electron chi connectivity index (χ2n) is 6.70. The maximum atomic E-state index is 12.6. The molecule has 0 saturated carbocycles. The first-order valence-corrected chi connectivity index (χ1v) is 10.4. The number of halogens is 2. The molecule has 132 valence electrons. The van der Waals surface area contributed by atoms with Crippen LogP contribution in [0.15, 0.2) is 29.0 Å². The van der Waals surface area contributed by atoms with Crippen molar-refractivity contribution in [2.24, 2.45) is 0 Å². The number of benzene rings is 1. The first-order chi connectivity index (χ1) is 12.1. The summed E-state index contributed by atoms with van der Waals surface area (Å²) in [6.45, 7) is 3.49. The van der Waals surface area contributed by atoms with Gasteiger partial charge in [0, 0.05) is 47.6 Å². The van der Waals surface area contributed by atoms with Crippen LogP contribution in [0.5, 0.6) is 0 Å². The Labute approximate surface area is 162 Å². The van der Waals surface area contributed by atoms with E-state index in [1.165, 1.54) is 11.1 Å². The Morgan fingerprint density at radius 3 is 2.84 bits per heavy atom. The van der Waals surface area contributed by atoms with Crippen LogP contribution in [0.1, 0.15) is 40.4 Å². The lowest BCUT2D eigenvalue weighted by Gasteiger charge is -2.28. The third-order valence-corrected chi connectivity index (χ3v) is 6.49. The summed E-state index contributed by atoms with van der Waals surface area (Å²) >= 11 is 14.2. The van der Waals surface area contributed by atoms with Gasteiger partial charge in [0.1, 0.15) is 0 Å². The van der Waals surface area contributed by atoms with Crippen molar-refractivity contribution in [1.29, 1.82) is 0 Å². The molecule has 1 atom stereocenters. The number of nitrogens with zero attached hydrogens (tertiary/aromatic N) is 2. The normalized spacial score (nSPS) is 21.2. The van der Waals surface area contributed by atoms with Gasteiger partial charge in [0.25, 0.3) is 5.91 Å². The van der Waals surface area contributed by atoms with E-state index in [2.05, 4.69) is 11.0 Å². The summed E-state index contributed by atoms with van der Waals surface area (Å²) in [5.74, 6) is 0.154. The van der Waals surface area contributed by atoms with Crippen molar-refractivity contribution in [3.63, 3.8) is 0 Å². The van der Waals surface area contributed by atoms with Gasteiger partial charge in [-0.2, -0.15) is 11.3 Å². The molecule has 1 aliphatic carbocycles. The van der Waals surface area contributed by atoms with Gasteiger partial charge in [0.2, 0.25) is 0 Å². The Kier molecular flexibility index (Phi) is 5.05. The molecule has 4 rings (SSSR count). The zero-order chi connectivity index (χ0) is 17.4. The molecule has 1 aromatic heterocycles. The van der Waals surface area contributed by atoms with E-state index >= 15 is 0 Å². The van der Waals surface area contributed by atoms with Gasteiger partial charge in [0.15, 0.2) is 0 Å². The van der Waals surface area contributed by atoms with E-state index in [0.717, 1.165) is 56.0 Å². The summed E-state index contributed by atoms with van der Waals surface area (Å²) in [7, 11) is 0. The molecule has 25 heavy (non-hydrogen) atoms. The highest BCUT2D eigenvalue weighted by Crippen LogP contribution is 2.41. The summed E-state index contributed by atoms with van der Waals surface area (Å²) in [5.41, 5.74) is 3.32. The molecule has 0 radical (unpaired) electrons. The van der Waals surface area contributed by atoms with Crippen LogP contribution < -0.4 is 0 Å². The maximum absolute atomic E-state index is 12.6. The maximum Gasteiger partial charge on any atom is 0.254 e. The molecule has 1 fully saturated rings. The topological polar surface area (TPSA) is 23.6 Å². The van der Waals surface area contributed by atoms with Crippen LogP contribution in [0.25, 0.3) is 0 Å². The van der Waals surface area contributed by atoms with Gasteiger partial charge >= 0.3 is 0 Å². The first-order valence-electron chi connectivity index (χ1n) is 8.67. The highest BCUT2D eigenvalue weighted by Gasteiger charge is 2.31. The average molecular weight is 395 g/mol. The van der Waals surface area contributed by atoms with E-state index in [4.69, 9.17) is 23.2 Å². The van der Waals surface area contributed by atoms with E-state index in [1.54, 1.807) is 11.3 Å². The highest BCUT2D eigenvalue weighted by atomic mass is 35.5. The average Bonchev–Trinajstić information content (AvgIpc) is 3.20.